The number of ether oxygens (including phenoxy) is 4. The van der Waals surface area contributed by atoms with Crippen molar-refractivity contribution in [2.75, 3.05) is 14.2 Å². The Bertz CT molecular complexity index is 2880. The molecular weight excluding hydrogens is 921 g/mol. The molecule has 18 heteroatoms. The number of aliphatic imine (C=N–C) groups is 1. The van der Waals surface area contributed by atoms with Crippen molar-refractivity contribution in [2.24, 2.45) is 21.6 Å². The summed E-state index contributed by atoms with van der Waals surface area (Å²) in [4.78, 5) is 59.2. The Kier molecular flexibility index (Phi) is 15.8. The van der Waals surface area contributed by atoms with Crippen LogP contribution in [0.5, 0.6) is 34.8 Å². The molecule has 4 aromatic carbocycles. The van der Waals surface area contributed by atoms with Gasteiger partial charge in [-0.05, 0) is 71.8 Å². The number of urea groups is 1. The Morgan fingerprint density at radius 1 is 0.691 bits per heavy atom. The predicted octanol–water partition coefficient (Wildman–Crippen LogP) is 10.3. The SMILES string of the molecule is CC(C)(C(N)=O)[C@@H]1c2ccc(Cl)nc2Oc2c(F)cccc21.COc1ccc(CN=C=O)cc1.COc1ccc(CNC(=O)NC(=O)C(C)(C)[C@@H]2c3ccc(Cl)nc3Oc3c(F)cccc32)cc1. The summed E-state index contributed by atoms with van der Waals surface area (Å²) >= 11 is 11.9. The molecule has 352 valence electrons. The van der Waals surface area contributed by atoms with Gasteiger partial charge in [0.1, 0.15) is 21.8 Å². The number of benzene rings is 4. The van der Waals surface area contributed by atoms with Crippen LogP contribution in [0.2, 0.25) is 10.3 Å². The van der Waals surface area contributed by atoms with Gasteiger partial charge in [0.05, 0.1) is 31.6 Å². The average Bonchev–Trinajstić information content (AvgIpc) is 3.32. The van der Waals surface area contributed by atoms with Gasteiger partial charge in [-0.3, -0.25) is 14.9 Å². The van der Waals surface area contributed by atoms with Crippen molar-refractivity contribution in [3.8, 4) is 34.8 Å². The molecule has 0 unspecified atom stereocenters. The Morgan fingerprint density at radius 2 is 1.15 bits per heavy atom. The van der Waals surface area contributed by atoms with Crippen LogP contribution in [-0.2, 0) is 27.5 Å². The number of carbonyl (C=O) groups is 3. The average molecular weight is 968 g/mol. The molecule has 0 saturated carbocycles. The second-order valence-electron chi connectivity index (χ2n) is 16.5. The fourth-order valence-corrected chi connectivity index (χ4v) is 7.91. The van der Waals surface area contributed by atoms with E-state index in [-0.39, 0.29) is 40.1 Å². The summed E-state index contributed by atoms with van der Waals surface area (Å²) in [5.74, 6) is -1.36. The van der Waals surface area contributed by atoms with Crippen molar-refractivity contribution in [3.63, 3.8) is 0 Å². The van der Waals surface area contributed by atoms with Crippen LogP contribution < -0.4 is 35.3 Å². The highest BCUT2D eigenvalue weighted by atomic mass is 35.5. The number of nitrogens with zero attached hydrogens (tertiary/aromatic N) is 3. The zero-order valence-corrected chi connectivity index (χ0v) is 39.2. The molecule has 0 fully saturated rings. The number of hydrogen-bond acceptors (Lipinski definition) is 11. The van der Waals surface area contributed by atoms with Crippen LogP contribution >= 0.6 is 23.2 Å². The standard InChI is InChI=1S/C25H23ClFN3O4.C16H14ClFN2O2.C9H9NO2/c1-25(2,23(31)30-24(32)28-13-14-7-9-15(33-3)10-8-14)20-16-5-4-6-18(27)21(16)34-22-17(20)11-12-19(26)29-22;1-16(2,15(19)21)12-8-4-3-5-10(18)13(8)22-14-9(12)6-7-11(17)20-14;1-12-9-4-2-8(3-5-9)6-10-7-11/h4-12,20H,13H2,1-3H3,(H2,28,30,31,32);3-7,12H,1-2H3,(H2,19,21);2-5H,6H2,1H3/t20-;12-;/m00./s1. The molecule has 6 aromatic rings. The summed E-state index contributed by atoms with van der Waals surface area (Å²) in [6.45, 7) is 7.41. The van der Waals surface area contributed by atoms with E-state index in [1.54, 1.807) is 103 Å². The Hall–Kier alpha value is -7.39. The van der Waals surface area contributed by atoms with Gasteiger partial charge in [-0.25, -0.2) is 33.3 Å². The summed E-state index contributed by atoms with van der Waals surface area (Å²) in [6, 6.07) is 29.7. The van der Waals surface area contributed by atoms with Gasteiger partial charge < -0.3 is 30.0 Å². The first kappa shape index (κ1) is 50.0. The van der Waals surface area contributed by atoms with Gasteiger partial charge in [0.2, 0.25) is 29.7 Å². The van der Waals surface area contributed by atoms with Gasteiger partial charge in [0.15, 0.2) is 23.1 Å². The molecule has 0 bridgehead atoms. The number of nitrogens with one attached hydrogen (secondary N) is 2. The van der Waals surface area contributed by atoms with E-state index >= 15 is 0 Å². The lowest BCUT2D eigenvalue weighted by Gasteiger charge is -2.37. The zero-order chi connectivity index (χ0) is 49.3. The van der Waals surface area contributed by atoms with Crippen molar-refractivity contribution in [1.29, 1.82) is 0 Å². The normalized spacial score (nSPS) is 14.0. The molecule has 14 nitrogen and oxygen atoms in total. The van der Waals surface area contributed by atoms with E-state index in [4.69, 9.17) is 47.9 Å². The first-order valence-corrected chi connectivity index (χ1v) is 21.6. The molecule has 4 heterocycles. The number of carbonyl (C=O) groups excluding carboxylic acids is 4. The Labute approximate surface area is 400 Å². The smallest absolute Gasteiger partial charge is 0.321 e. The maximum absolute atomic E-state index is 14.6. The van der Waals surface area contributed by atoms with E-state index in [1.807, 2.05) is 36.4 Å². The molecule has 8 rings (SSSR count). The lowest BCUT2D eigenvalue weighted by molar-refractivity contribution is -0.129. The van der Waals surface area contributed by atoms with Crippen LogP contribution in [0.1, 0.15) is 72.9 Å². The molecule has 68 heavy (non-hydrogen) atoms. The predicted molar refractivity (Wildman–Crippen MR) is 250 cm³/mol. The summed E-state index contributed by atoms with van der Waals surface area (Å²) in [6.07, 6.45) is 1.49. The van der Waals surface area contributed by atoms with Crippen molar-refractivity contribution >= 4 is 47.1 Å². The molecule has 2 atom stereocenters. The number of methoxy groups -OCH3 is 2. The number of isocyanates is 1. The Balaban J connectivity index is 0.000000190. The van der Waals surface area contributed by atoms with Gasteiger partial charge in [0, 0.05) is 40.6 Å². The molecular formula is C50H46Cl2F2N6O8. The molecule has 2 aliphatic rings. The fourth-order valence-electron chi connectivity index (χ4n) is 7.63. The number of primary amides is 1. The highest BCUT2D eigenvalue weighted by Crippen LogP contribution is 2.53. The third kappa shape index (κ3) is 11.2. The van der Waals surface area contributed by atoms with Crippen LogP contribution in [0.25, 0.3) is 0 Å². The van der Waals surface area contributed by atoms with E-state index < -0.39 is 52.1 Å². The molecule has 4 amide bonds. The minimum atomic E-state index is -1.17. The van der Waals surface area contributed by atoms with Gasteiger partial charge in [0.25, 0.3) is 0 Å². The van der Waals surface area contributed by atoms with Crippen molar-refractivity contribution in [1.82, 2.24) is 20.6 Å². The number of pyridine rings is 2. The van der Waals surface area contributed by atoms with Crippen LogP contribution in [0, 0.1) is 22.5 Å². The van der Waals surface area contributed by atoms with E-state index in [0.29, 0.717) is 34.5 Å². The molecule has 0 aliphatic carbocycles. The van der Waals surface area contributed by atoms with Gasteiger partial charge in [-0.1, -0.05) is 99.4 Å². The molecule has 0 radical (unpaired) electrons. The number of rotatable bonds is 10. The summed E-state index contributed by atoms with van der Waals surface area (Å²) < 4.78 is 50.1. The molecule has 2 aliphatic heterocycles. The number of imide groups is 1. The molecule has 0 saturated heterocycles. The fraction of sp³-hybridized carbons (Fsp3) is 0.240. The number of para-hydroxylation sites is 2. The van der Waals surface area contributed by atoms with Gasteiger partial charge in [-0.2, -0.15) is 0 Å². The van der Waals surface area contributed by atoms with Crippen LogP contribution in [0.4, 0.5) is 13.6 Å². The van der Waals surface area contributed by atoms with Crippen molar-refractivity contribution < 1.29 is 46.9 Å². The number of nitrogens with two attached hydrogens (primary N) is 1. The summed E-state index contributed by atoms with van der Waals surface area (Å²) in [5, 5.41) is 5.48. The van der Waals surface area contributed by atoms with Gasteiger partial charge in [-0.15, -0.1) is 0 Å². The summed E-state index contributed by atoms with van der Waals surface area (Å²) in [5.41, 5.74) is 7.54. The minimum Gasteiger partial charge on any atom is -0.497 e. The molecule has 4 N–H and O–H groups in total. The summed E-state index contributed by atoms with van der Waals surface area (Å²) in [7, 11) is 3.18. The number of hydrogen-bond donors (Lipinski definition) is 3. The van der Waals surface area contributed by atoms with Crippen molar-refractivity contribution in [2.45, 2.75) is 52.6 Å². The number of halogens is 4. The van der Waals surface area contributed by atoms with Crippen LogP contribution in [0.15, 0.2) is 114 Å². The lowest BCUT2D eigenvalue weighted by atomic mass is 9.69. The zero-order valence-electron chi connectivity index (χ0n) is 37.7. The number of amides is 4. The quantitative estimate of drug-likeness (QED) is 0.0676. The second kappa shape index (κ2) is 21.5. The molecule has 0 spiro atoms. The minimum absolute atomic E-state index is 0.0143. The van der Waals surface area contributed by atoms with E-state index in [0.717, 1.165) is 16.9 Å². The van der Waals surface area contributed by atoms with E-state index in [9.17, 15) is 28.0 Å². The lowest BCUT2D eigenvalue weighted by Crippen LogP contribution is -2.48. The van der Waals surface area contributed by atoms with E-state index in [1.165, 1.54) is 18.2 Å². The third-order valence-electron chi connectivity index (χ3n) is 11.3. The second-order valence-corrected chi connectivity index (χ2v) is 17.3. The maximum atomic E-state index is 14.6. The van der Waals surface area contributed by atoms with Crippen LogP contribution in [0.3, 0.4) is 0 Å². The number of fused-ring (bicyclic) bond motifs is 4. The maximum Gasteiger partial charge on any atom is 0.321 e. The first-order chi connectivity index (χ1) is 32.4. The van der Waals surface area contributed by atoms with E-state index in [2.05, 4.69) is 25.6 Å². The van der Waals surface area contributed by atoms with Gasteiger partial charge >= 0.3 is 6.03 Å². The monoisotopic (exact) mass is 966 g/mol. The highest BCUT2D eigenvalue weighted by molar-refractivity contribution is 6.29. The first-order valence-electron chi connectivity index (χ1n) is 20.8. The number of aromatic nitrogens is 2. The largest absolute Gasteiger partial charge is 0.497 e. The van der Waals surface area contributed by atoms with Crippen molar-refractivity contribution in [3.05, 3.63) is 165 Å². The topological polar surface area (TPSA) is 193 Å². The molecule has 2 aromatic heterocycles. The highest BCUT2D eigenvalue weighted by Gasteiger charge is 2.46. The third-order valence-corrected chi connectivity index (χ3v) is 11.8. The van der Waals surface area contributed by atoms with Crippen LogP contribution in [-0.4, -0.2) is 48.1 Å². The Morgan fingerprint density at radius 3 is 1.59 bits per heavy atom.